The first-order valence-corrected chi connectivity index (χ1v) is 6.18. The largest absolute Gasteiger partial charge is 0.482 e. The molecule has 0 bridgehead atoms. The Morgan fingerprint density at radius 1 is 1.50 bits per heavy atom. The summed E-state index contributed by atoms with van der Waals surface area (Å²) in [6, 6.07) is 1.99. The molecule has 98 valence electrons. The molecule has 2 aromatic rings. The Labute approximate surface area is 107 Å². The molecule has 5 nitrogen and oxygen atoms in total. The Kier molecular flexibility index (Phi) is 4.41. The van der Waals surface area contributed by atoms with Crippen molar-refractivity contribution < 1.29 is 9.15 Å². The van der Waals surface area contributed by atoms with Crippen LogP contribution in [0.4, 0.5) is 0 Å². The zero-order valence-electron chi connectivity index (χ0n) is 10.8. The van der Waals surface area contributed by atoms with Crippen LogP contribution in [-0.4, -0.2) is 16.8 Å². The zero-order valence-corrected chi connectivity index (χ0v) is 10.8. The highest BCUT2D eigenvalue weighted by atomic mass is 16.5. The van der Waals surface area contributed by atoms with Crippen LogP contribution in [0.1, 0.15) is 24.7 Å². The van der Waals surface area contributed by atoms with Gasteiger partial charge in [0.05, 0.1) is 18.7 Å². The van der Waals surface area contributed by atoms with E-state index in [1.54, 1.807) is 12.5 Å². The smallest absolute Gasteiger partial charge is 0.157 e. The van der Waals surface area contributed by atoms with Gasteiger partial charge in [-0.1, -0.05) is 6.92 Å². The molecule has 0 atom stereocenters. The number of hydrogen-bond donors (Lipinski definition) is 1. The number of nitrogens with zero attached hydrogens (tertiary/aromatic N) is 2. The van der Waals surface area contributed by atoms with Crippen LogP contribution in [0.3, 0.4) is 0 Å². The van der Waals surface area contributed by atoms with Gasteiger partial charge in [0.2, 0.25) is 0 Å². The molecule has 2 rings (SSSR count). The predicted octanol–water partition coefficient (Wildman–Crippen LogP) is 2.18. The molecule has 2 heterocycles. The molecule has 0 radical (unpaired) electrons. The molecule has 0 aliphatic carbocycles. The minimum absolute atomic E-state index is 0.432. The molecule has 0 saturated heterocycles. The summed E-state index contributed by atoms with van der Waals surface area (Å²) < 4.78 is 12.9. The third kappa shape index (κ3) is 3.37. The first-order valence-electron chi connectivity index (χ1n) is 6.18. The lowest BCUT2D eigenvalue weighted by Crippen LogP contribution is -2.03. The molecule has 0 spiro atoms. The van der Waals surface area contributed by atoms with Gasteiger partial charge in [0.1, 0.15) is 12.4 Å². The maximum absolute atomic E-state index is 5.61. The standard InChI is InChI=1S/C13H19N3O2/c1-3-4-16-8-13(7-15-16)18-10-12-5-11(6-14-2)9-17-12/h5,7-9,14H,3-4,6,10H2,1-2H3. The molecule has 1 N–H and O–H groups in total. The van der Waals surface area contributed by atoms with E-state index in [4.69, 9.17) is 9.15 Å². The SMILES string of the molecule is CCCn1cc(OCc2cc(CNC)co2)cn1. The van der Waals surface area contributed by atoms with Gasteiger partial charge >= 0.3 is 0 Å². The number of ether oxygens (including phenoxy) is 1. The van der Waals surface area contributed by atoms with Gasteiger partial charge in [-0.3, -0.25) is 4.68 Å². The van der Waals surface area contributed by atoms with E-state index in [0.717, 1.165) is 36.6 Å². The number of nitrogens with one attached hydrogen (secondary N) is 1. The quantitative estimate of drug-likeness (QED) is 0.817. The zero-order chi connectivity index (χ0) is 12.8. The van der Waals surface area contributed by atoms with E-state index in [-0.39, 0.29) is 0 Å². The van der Waals surface area contributed by atoms with E-state index >= 15 is 0 Å². The lowest BCUT2D eigenvalue weighted by atomic mass is 10.3. The fourth-order valence-electron chi connectivity index (χ4n) is 1.72. The minimum Gasteiger partial charge on any atom is -0.482 e. The maximum Gasteiger partial charge on any atom is 0.157 e. The van der Waals surface area contributed by atoms with E-state index in [0.29, 0.717) is 6.61 Å². The summed E-state index contributed by atoms with van der Waals surface area (Å²) >= 11 is 0. The molecular formula is C13H19N3O2. The van der Waals surface area contributed by atoms with Crippen LogP contribution in [0.2, 0.25) is 0 Å². The first-order chi connectivity index (χ1) is 8.81. The number of hydrogen-bond acceptors (Lipinski definition) is 4. The van der Waals surface area contributed by atoms with Crippen molar-refractivity contribution in [2.75, 3.05) is 7.05 Å². The van der Waals surface area contributed by atoms with Gasteiger partial charge < -0.3 is 14.5 Å². The molecule has 0 fully saturated rings. The van der Waals surface area contributed by atoms with Crippen LogP contribution in [0.5, 0.6) is 5.75 Å². The van der Waals surface area contributed by atoms with E-state index in [2.05, 4.69) is 17.3 Å². The Balaban J connectivity index is 1.85. The number of aromatic nitrogens is 2. The van der Waals surface area contributed by atoms with Crippen LogP contribution in [-0.2, 0) is 19.7 Å². The molecule has 0 aliphatic rings. The number of rotatable bonds is 7. The van der Waals surface area contributed by atoms with Crippen LogP contribution >= 0.6 is 0 Å². The van der Waals surface area contributed by atoms with Crippen molar-refractivity contribution in [3.8, 4) is 5.75 Å². The van der Waals surface area contributed by atoms with E-state index in [1.165, 1.54) is 0 Å². The third-order valence-corrected chi connectivity index (χ3v) is 2.53. The fraction of sp³-hybridized carbons (Fsp3) is 0.462. The molecule has 0 amide bonds. The molecule has 18 heavy (non-hydrogen) atoms. The lowest BCUT2D eigenvalue weighted by molar-refractivity contribution is 0.270. The van der Waals surface area contributed by atoms with Crippen LogP contribution in [0, 0.1) is 0 Å². The second-order valence-electron chi connectivity index (χ2n) is 4.18. The third-order valence-electron chi connectivity index (χ3n) is 2.53. The fourth-order valence-corrected chi connectivity index (χ4v) is 1.72. The molecule has 0 unspecified atom stereocenters. The van der Waals surface area contributed by atoms with E-state index in [9.17, 15) is 0 Å². The molecule has 0 aliphatic heterocycles. The Morgan fingerprint density at radius 3 is 3.17 bits per heavy atom. The Bertz CT molecular complexity index is 432. The summed E-state index contributed by atoms with van der Waals surface area (Å²) in [5, 5.41) is 7.28. The van der Waals surface area contributed by atoms with Gasteiger partial charge in [-0.2, -0.15) is 5.10 Å². The van der Waals surface area contributed by atoms with Crippen molar-refractivity contribution in [1.29, 1.82) is 0 Å². The van der Waals surface area contributed by atoms with Crippen molar-refractivity contribution in [1.82, 2.24) is 15.1 Å². The van der Waals surface area contributed by atoms with Crippen molar-refractivity contribution in [2.24, 2.45) is 0 Å². The van der Waals surface area contributed by atoms with Gasteiger partial charge in [0.15, 0.2) is 5.75 Å². The van der Waals surface area contributed by atoms with Gasteiger partial charge in [0, 0.05) is 18.7 Å². The summed E-state index contributed by atoms with van der Waals surface area (Å²) in [7, 11) is 1.91. The predicted molar refractivity (Wildman–Crippen MR) is 68.3 cm³/mol. The molecule has 5 heteroatoms. The number of aryl methyl sites for hydroxylation is 1. The molecule has 2 aromatic heterocycles. The summed E-state index contributed by atoms with van der Waals surface area (Å²) in [4.78, 5) is 0. The van der Waals surface area contributed by atoms with Crippen molar-refractivity contribution in [3.05, 3.63) is 36.0 Å². The second kappa shape index (κ2) is 6.26. The van der Waals surface area contributed by atoms with Gasteiger partial charge in [-0.25, -0.2) is 0 Å². The maximum atomic E-state index is 5.61. The summed E-state index contributed by atoms with van der Waals surface area (Å²) in [5.41, 5.74) is 1.12. The molecule has 0 saturated carbocycles. The van der Waals surface area contributed by atoms with Crippen LogP contribution < -0.4 is 10.1 Å². The Hall–Kier alpha value is -1.75. The molecule has 0 aromatic carbocycles. The summed E-state index contributed by atoms with van der Waals surface area (Å²) in [6.45, 7) is 4.27. The highest BCUT2D eigenvalue weighted by molar-refractivity contribution is 5.15. The Morgan fingerprint density at radius 2 is 2.39 bits per heavy atom. The average Bonchev–Trinajstić information content (AvgIpc) is 2.97. The topological polar surface area (TPSA) is 52.2 Å². The van der Waals surface area contributed by atoms with Crippen molar-refractivity contribution in [2.45, 2.75) is 33.0 Å². The van der Waals surface area contributed by atoms with Gasteiger partial charge in [0.25, 0.3) is 0 Å². The van der Waals surface area contributed by atoms with Crippen molar-refractivity contribution >= 4 is 0 Å². The molecular weight excluding hydrogens is 230 g/mol. The highest BCUT2D eigenvalue weighted by Crippen LogP contribution is 2.13. The summed E-state index contributed by atoms with van der Waals surface area (Å²) in [6.07, 6.45) is 6.44. The first kappa shape index (κ1) is 12.7. The summed E-state index contributed by atoms with van der Waals surface area (Å²) in [5.74, 6) is 1.60. The van der Waals surface area contributed by atoms with Crippen LogP contribution in [0.15, 0.2) is 29.1 Å². The van der Waals surface area contributed by atoms with Crippen LogP contribution in [0.25, 0.3) is 0 Å². The minimum atomic E-state index is 0.432. The van der Waals surface area contributed by atoms with E-state index in [1.807, 2.05) is 24.0 Å². The highest BCUT2D eigenvalue weighted by Gasteiger charge is 2.04. The average molecular weight is 249 g/mol. The number of furan rings is 1. The van der Waals surface area contributed by atoms with Crippen molar-refractivity contribution in [3.63, 3.8) is 0 Å². The monoisotopic (exact) mass is 249 g/mol. The van der Waals surface area contributed by atoms with E-state index < -0.39 is 0 Å². The second-order valence-corrected chi connectivity index (χ2v) is 4.18. The lowest BCUT2D eigenvalue weighted by Gasteiger charge is -1.99. The van der Waals surface area contributed by atoms with Gasteiger partial charge in [-0.15, -0.1) is 0 Å². The van der Waals surface area contributed by atoms with Gasteiger partial charge in [-0.05, 0) is 19.5 Å². The normalized spacial score (nSPS) is 10.8.